The SMILES string of the molecule is Cc1cc(C)c2[nH]c(C)c(CN3CCCCC3)c(=O)c2c1. The van der Waals surface area contributed by atoms with Gasteiger partial charge in [-0.15, -0.1) is 0 Å². The van der Waals surface area contributed by atoms with Gasteiger partial charge in [-0.25, -0.2) is 0 Å². The van der Waals surface area contributed by atoms with E-state index in [2.05, 4.69) is 29.8 Å². The molecule has 0 aliphatic carbocycles. The van der Waals surface area contributed by atoms with Crippen LogP contribution in [0.2, 0.25) is 0 Å². The second-order valence-electron chi connectivity index (χ2n) is 6.40. The minimum Gasteiger partial charge on any atom is -0.358 e. The standard InChI is InChI=1S/C18H24N2O/c1-12-9-13(2)17-15(10-12)18(21)16(14(3)19-17)11-20-7-5-4-6-8-20/h9-10H,4-8,11H2,1-3H3,(H,19,21). The summed E-state index contributed by atoms with van der Waals surface area (Å²) in [6.07, 6.45) is 3.83. The summed E-state index contributed by atoms with van der Waals surface area (Å²) in [5.74, 6) is 0. The predicted molar refractivity (Wildman–Crippen MR) is 87.9 cm³/mol. The Balaban J connectivity index is 2.08. The average Bonchev–Trinajstić information content (AvgIpc) is 2.46. The molecule has 1 saturated heterocycles. The molecule has 1 aliphatic heterocycles. The van der Waals surface area contributed by atoms with E-state index in [0.717, 1.165) is 52.9 Å². The summed E-state index contributed by atoms with van der Waals surface area (Å²) in [5.41, 5.74) is 5.46. The maximum absolute atomic E-state index is 12.9. The normalized spacial score (nSPS) is 16.5. The number of piperidine rings is 1. The molecule has 1 aliphatic rings. The lowest BCUT2D eigenvalue weighted by molar-refractivity contribution is 0.220. The van der Waals surface area contributed by atoms with Crippen LogP contribution in [0.5, 0.6) is 0 Å². The zero-order valence-corrected chi connectivity index (χ0v) is 13.3. The molecule has 1 fully saturated rings. The highest BCUT2D eigenvalue weighted by atomic mass is 16.1. The third kappa shape index (κ3) is 2.75. The van der Waals surface area contributed by atoms with E-state index in [9.17, 15) is 4.79 Å². The lowest BCUT2D eigenvalue weighted by atomic mass is 10.0. The maximum atomic E-state index is 12.9. The Morgan fingerprint density at radius 2 is 1.81 bits per heavy atom. The number of benzene rings is 1. The minimum atomic E-state index is 0.207. The highest BCUT2D eigenvalue weighted by Gasteiger charge is 2.16. The quantitative estimate of drug-likeness (QED) is 0.917. The number of rotatable bonds is 2. The number of likely N-dealkylation sites (tertiary alicyclic amines) is 1. The van der Waals surface area contributed by atoms with Gasteiger partial charge in [-0.2, -0.15) is 0 Å². The number of aromatic nitrogens is 1. The molecule has 3 heteroatoms. The lowest BCUT2D eigenvalue weighted by Gasteiger charge is -2.26. The van der Waals surface area contributed by atoms with E-state index in [1.807, 2.05) is 13.0 Å². The van der Waals surface area contributed by atoms with Gasteiger partial charge in [-0.1, -0.05) is 12.5 Å². The van der Waals surface area contributed by atoms with Crippen LogP contribution in [-0.4, -0.2) is 23.0 Å². The number of pyridine rings is 1. The van der Waals surface area contributed by atoms with Crippen molar-refractivity contribution < 1.29 is 0 Å². The van der Waals surface area contributed by atoms with E-state index in [1.165, 1.54) is 19.3 Å². The second kappa shape index (κ2) is 5.64. The molecule has 0 bridgehead atoms. The van der Waals surface area contributed by atoms with Crippen LogP contribution in [0.15, 0.2) is 16.9 Å². The summed E-state index contributed by atoms with van der Waals surface area (Å²) in [5, 5.41) is 0.838. The molecule has 1 aromatic heterocycles. The molecule has 0 amide bonds. The Morgan fingerprint density at radius 3 is 2.52 bits per heavy atom. The number of nitrogens with zero attached hydrogens (tertiary/aromatic N) is 1. The van der Waals surface area contributed by atoms with E-state index >= 15 is 0 Å². The molecule has 1 aromatic carbocycles. The lowest BCUT2D eigenvalue weighted by Crippen LogP contribution is -2.32. The van der Waals surface area contributed by atoms with Gasteiger partial charge in [0.15, 0.2) is 5.43 Å². The van der Waals surface area contributed by atoms with Gasteiger partial charge in [-0.05, 0) is 63.9 Å². The first kappa shape index (κ1) is 14.3. The fourth-order valence-electron chi connectivity index (χ4n) is 3.44. The highest BCUT2D eigenvalue weighted by molar-refractivity contribution is 5.83. The third-order valence-electron chi connectivity index (χ3n) is 4.59. The van der Waals surface area contributed by atoms with Crippen molar-refractivity contribution >= 4 is 10.9 Å². The molecule has 2 heterocycles. The predicted octanol–water partition coefficient (Wildman–Crippen LogP) is 3.44. The van der Waals surface area contributed by atoms with Crippen LogP contribution in [0, 0.1) is 20.8 Å². The first-order valence-corrected chi connectivity index (χ1v) is 7.91. The van der Waals surface area contributed by atoms with Crippen molar-refractivity contribution in [3.63, 3.8) is 0 Å². The Bertz CT molecular complexity index is 724. The van der Waals surface area contributed by atoms with Crippen LogP contribution in [-0.2, 0) is 6.54 Å². The van der Waals surface area contributed by atoms with Crippen LogP contribution in [0.25, 0.3) is 10.9 Å². The molecule has 112 valence electrons. The molecule has 0 unspecified atom stereocenters. The number of fused-ring (bicyclic) bond motifs is 1. The maximum Gasteiger partial charge on any atom is 0.194 e. The van der Waals surface area contributed by atoms with Crippen molar-refractivity contribution in [1.82, 2.24) is 9.88 Å². The first-order chi connectivity index (χ1) is 10.1. The van der Waals surface area contributed by atoms with Gasteiger partial charge in [0.25, 0.3) is 0 Å². The first-order valence-electron chi connectivity index (χ1n) is 7.91. The second-order valence-corrected chi connectivity index (χ2v) is 6.40. The van der Waals surface area contributed by atoms with Gasteiger partial charge in [0.2, 0.25) is 0 Å². The van der Waals surface area contributed by atoms with Gasteiger partial charge in [-0.3, -0.25) is 9.69 Å². The summed E-state index contributed by atoms with van der Waals surface area (Å²) in [6, 6.07) is 4.14. The highest BCUT2D eigenvalue weighted by Crippen LogP contribution is 2.19. The van der Waals surface area contributed by atoms with Crippen LogP contribution >= 0.6 is 0 Å². The molecule has 21 heavy (non-hydrogen) atoms. The summed E-state index contributed by atoms with van der Waals surface area (Å²) in [6.45, 7) is 9.15. The largest absolute Gasteiger partial charge is 0.358 e. The van der Waals surface area contributed by atoms with Crippen LogP contribution < -0.4 is 5.43 Å². The number of H-pyrrole nitrogens is 1. The minimum absolute atomic E-state index is 0.207. The molecule has 2 aromatic rings. The number of aryl methyl sites for hydroxylation is 3. The number of nitrogens with one attached hydrogen (secondary N) is 1. The molecular weight excluding hydrogens is 260 g/mol. The van der Waals surface area contributed by atoms with E-state index in [-0.39, 0.29) is 5.43 Å². The average molecular weight is 284 g/mol. The molecule has 0 radical (unpaired) electrons. The third-order valence-corrected chi connectivity index (χ3v) is 4.59. The van der Waals surface area contributed by atoms with Crippen molar-refractivity contribution in [2.75, 3.05) is 13.1 Å². The number of aromatic amines is 1. The van der Waals surface area contributed by atoms with E-state index < -0.39 is 0 Å². The smallest absolute Gasteiger partial charge is 0.194 e. The van der Waals surface area contributed by atoms with Gasteiger partial charge in [0.05, 0.1) is 5.52 Å². The number of hydrogen-bond acceptors (Lipinski definition) is 2. The van der Waals surface area contributed by atoms with Crippen molar-refractivity contribution in [2.24, 2.45) is 0 Å². The zero-order valence-electron chi connectivity index (χ0n) is 13.3. The van der Waals surface area contributed by atoms with Gasteiger partial charge < -0.3 is 4.98 Å². The van der Waals surface area contributed by atoms with Crippen LogP contribution in [0.4, 0.5) is 0 Å². The van der Waals surface area contributed by atoms with E-state index in [0.29, 0.717) is 0 Å². The Kier molecular flexibility index (Phi) is 3.85. The number of hydrogen-bond donors (Lipinski definition) is 1. The molecule has 0 atom stereocenters. The molecule has 3 nitrogen and oxygen atoms in total. The topological polar surface area (TPSA) is 36.1 Å². The van der Waals surface area contributed by atoms with Crippen molar-refractivity contribution in [1.29, 1.82) is 0 Å². The molecule has 1 N–H and O–H groups in total. The van der Waals surface area contributed by atoms with Crippen molar-refractivity contribution in [3.05, 3.63) is 44.7 Å². The van der Waals surface area contributed by atoms with Crippen LogP contribution in [0.1, 0.15) is 41.6 Å². The summed E-state index contributed by atoms with van der Waals surface area (Å²) in [7, 11) is 0. The molecule has 0 spiro atoms. The molecule has 3 rings (SSSR count). The zero-order chi connectivity index (χ0) is 15.0. The summed E-state index contributed by atoms with van der Waals surface area (Å²) >= 11 is 0. The Labute approximate surface area is 126 Å². The van der Waals surface area contributed by atoms with Gasteiger partial charge in [0, 0.05) is 23.2 Å². The van der Waals surface area contributed by atoms with Crippen molar-refractivity contribution in [3.8, 4) is 0 Å². The van der Waals surface area contributed by atoms with Gasteiger partial charge in [0.1, 0.15) is 0 Å². The van der Waals surface area contributed by atoms with E-state index in [4.69, 9.17) is 0 Å². The molecule has 0 saturated carbocycles. The Morgan fingerprint density at radius 1 is 1.10 bits per heavy atom. The fraction of sp³-hybridized carbons (Fsp3) is 0.500. The summed E-state index contributed by atoms with van der Waals surface area (Å²) in [4.78, 5) is 18.8. The summed E-state index contributed by atoms with van der Waals surface area (Å²) < 4.78 is 0. The fourth-order valence-corrected chi connectivity index (χ4v) is 3.44. The molecular formula is C18H24N2O. The monoisotopic (exact) mass is 284 g/mol. The van der Waals surface area contributed by atoms with Crippen LogP contribution in [0.3, 0.4) is 0 Å². The van der Waals surface area contributed by atoms with Gasteiger partial charge >= 0.3 is 0 Å². The van der Waals surface area contributed by atoms with E-state index in [1.54, 1.807) is 0 Å². The Hall–Kier alpha value is -1.61. The van der Waals surface area contributed by atoms with Crippen molar-refractivity contribution in [2.45, 2.75) is 46.6 Å².